The average Bonchev–Trinajstić information content (AvgIpc) is 2.33. The highest BCUT2D eigenvalue weighted by atomic mass is 79.9. The number of halogens is 2. The maximum Gasteiger partial charge on any atom is 0.219 e. The number of amides is 1. The van der Waals surface area contributed by atoms with E-state index < -0.39 is 0 Å². The van der Waals surface area contributed by atoms with Gasteiger partial charge in [0.15, 0.2) is 0 Å². The van der Waals surface area contributed by atoms with Crippen LogP contribution in [0, 0.1) is 0 Å². The first-order chi connectivity index (χ1) is 8.56. The van der Waals surface area contributed by atoms with Crippen LogP contribution in [0.2, 0.25) is 5.02 Å². The molecule has 0 aromatic heterocycles. The molecule has 0 aliphatic carbocycles. The molecule has 18 heavy (non-hydrogen) atoms. The zero-order valence-corrected chi connectivity index (χ0v) is 12.7. The number of benzene rings is 1. The van der Waals surface area contributed by atoms with Gasteiger partial charge in [0.05, 0.1) is 0 Å². The lowest BCUT2D eigenvalue weighted by molar-refractivity contribution is -0.130. The van der Waals surface area contributed by atoms with Crippen molar-refractivity contribution < 1.29 is 4.79 Å². The maximum absolute atomic E-state index is 11.2. The van der Waals surface area contributed by atoms with Crippen LogP contribution >= 0.6 is 27.5 Å². The van der Waals surface area contributed by atoms with Crippen LogP contribution in [-0.4, -0.2) is 41.9 Å². The molecule has 0 saturated carbocycles. The average molecular weight is 332 g/mol. The molecular formula is C13H16BrClN2O. The summed E-state index contributed by atoms with van der Waals surface area (Å²) >= 11 is 9.61. The van der Waals surface area contributed by atoms with E-state index in [1.54, 1.807) is 6.92 Å². The van der Waals surface area contributed by atoms with E-state index in [1.807, 2.05) is 23.1 Å². The second-order valence-electron chi connectivity index (χ2n) is 4.52. The molecule has 5 heteroatoms. The Kier molecular flexibility index (Phi) is 4.65. The molecule has 0 unspecified atom stereocenters. The largest absolute Gasteiger partial charge is 0.340 e. The van der Waals surface area contributed by atoms with Gasteiger partial charge in [0, 0.05) is 49.1 Å². The van der Waals surface area contributed by atoms with Gasteiger partial charge in [-0.05, 0) is 17.7 Å². The van der Waals surface area contributed by atoms with Gasteiger partial charge in [-0.1, -0.05) is 33.6 Å². The second kappa shape index (κ2) is 6.04. The number of carbonyl (C=O) groups excluding carboxylic acids is 1. The third-order valence-electron chi connectivity index (χ3n) is 3.23. The van der Waals surface area contributed by atoms with Crippen molar-refractivity contribution in [3.63, 3.8) is 0 Å². The van der Waals surface area contributed by atoms with E-state index in [-0.39, 0.29) is 5.91 Å². The van der Waals surface area contributed by atoms with Gasteiger partial charge in [0.2, 0.25) is 5.91 Å². The van der Waals surface area contributed by atoms with Crippen LogP contribution in [0.1, 0.15) is 12.5 Å². The summed E-state index contributed by atoms with van der Waals surface area (Å²) in [6, 6.07) is 5.97. The van der Waals surface area contributed by atoms with E-state index in [4.69, 9.17) is 11.6 Å². The quantitative estimate of drug-likeness (QED) is 0.832. The van der Waals surface area contributed by atoms with Crippen LogP contribution in [0.4, 0.5) is 0 Å². The molecule has 1 aliphatic heterocycles. The normalized spacial score (nSPS) is 16.9. The van der Waals surface area contributed by atoms with Gasteiger partial charge in [-0.2, -0.15) is 0 Å². The fourth-order valence-corrected chi connectivity index (χ4v) is 2.84. The zero-order chi connectivity index (χ0) is 13.1. The molecular weight excluding hydrogens is 316 g/mol. The molecule has 1 heterocycles. The Morgan fingerprint density at radius 2 is 2.00 bits per heavy atom. The fraction of sp³-hybridized carbons (Fsp3) is 0.462. The van der Waals surface area contributed by atoms with Gasteiger partial charge in [0.1, 0.15) is 0 Å². The van der Waals surface area contributed by atoms with Crippen molar-refractivity contribution in [2.75, 3.05) is 26.2 Å². The van der Waals surface area contributed by atoms with Crippen LogP contribution in [0.25, 0.3) is 0 Å². The second-order valence-corrected chi connectivity index (χ2v) is 5.84. The predicted octanol–water partition coefficient (Wildman–Crippen LogP) is 2.77. The molecule has 98 valence electrons. The van der Waals surface area contributed by atoms with Crippen LogP contribution in [0.5, 0.6) is 0 Å². The molecule has 0 atom stereocenters. The lowest BCUT2D eigenvalue weighted by Gasteiger charge is -2.34. The highest BCUT2D eigenvalue weighted by Gasteiger charge is 2.19. The summed E-state index contributed by atoms with van der Waals surface area (Å²) in [4.78, 5) is 15.5. The fourth-order valence-electron chi connectivity index (χ4n) is 2.11. The molecule has 1 saturated heterocycles. The number of piperazine rings is 1. The topological polar surface area (TPSA) is 23.6 Å². The molecule has 1 fully saturated rings. The van der Waals surface area contributed by atoms with E-state index in [0.29, 0.717) is 0 Å². The molecule has 1 aliphatic rings. The SMILES string of the molecule is CC(=O)N1CCN(Cc2ccc(Br)cc2Cl)CC1. The summed E-state index contributed by atoms with van der Waals surface area (Å²) in [5.41, 5.74) is 1.14. The van der Waals surface area contributed by atoms with E-state index in [2.05, 4.69) is 20.8 Å². The van der Waals surface area contributed by atoms with Crippen molar-refractivity contribution >= 4 is 33.4 Å². The van der Waals surface area contributed by atoms with Crippen molar-refractivity contribution in [1.29, 1.82) is 0 Å². The zero-order valence-electron chi connectivity index (χ0n) is 10.3. The Bertz CT molecular complexity index is 445. The van der Waals surface area contributed by atoms with Crippen molar-refractivity contribution in [3.05, 3.63) is 33.3 Å². The Morgan fingerprint density at radius 3 is 2.56 bits per heavy atom. The van der Waals surface area contributed by atoms with Crippen molar-refractivity contribution in [1.82, 2.24) is 9.80 Å². The molecule has 1 amide bonds. The molecule has 1 aromatic rings. The minimum Gasteiger partial charge on any atom is -0.340 e. The first-order valence-electron chi connectivity index (χ1n) is 5.98. The van der Waals surface area contributed by atoms with E-state index >= 15 is 0 Å². The summed E-state index contributed by atoms with van der Waals surface area (Å²) in [5.74, 6) is 0.163. The number of hydrogen-bond acceptors (Lipinski definition) is 2. The van der Waals surface area contributed by atoms with Gasteiger partial charge in [-0.3, -0.25) is 9.69 Å². The van der Waals surface area contributed by atoms with Gasteiger partial charge >= 0.3 is 0 Å². The number of rotatable bonds is 2. The Morgan fingerprint density at radius 1 is 1.33 bits per heavy atom. The lowest BCUT2D eigenvalue weighted by atomic mass is 10.2. The minimum absolute atomic E-state index is 0.163. The number of carbonyl (C=O) groups is 1. The first kappa shape index (κ1) is 13.8. The van der Waals surface area contributed by atoms with Crippen molar-refractivity contribution in [3.8, 4) is 0 Å². The summed E-state index contributed by atoms with van der Waals surface area (Å²) in [7, 11) is 0. The molecule has 2 rings (SSSR count). The Labute approximate surface area is 121 Å². The third-order valence-corrected chi connectivity index (χ3v) is 4.07. The predicted molar refractivity (Wildman–Crippen MR) is 76.7 cm³/mol. The van der Waals surface area contributed by atoms with E-state index in [0.717, 1.165) is 47.8 Å². The van der Waals surface area contributed by atoms with Gasteiger partial charge in [-0.15, -0.1) is 0 Å². The van der Waals surface area contributed by atoms with Crippen LogP contribution in [0.15, 0.2) is 22.7 Å². The van der Waals surface area contributed by atoms with Crippen LogP contribution < -0.4 is 0 Å². The molecule has 3 nitrogen and oxygen atoms in total. The van der Waals surface area contributed by atoms with Gasteiger partial charge < -0.3 is 4.90 Å². The number of nitrogens with zero attached hydrogens (tertiary/aromatic N) is 2. The summed E-state index contributed by atoms with van der Waals surface area (Å²) in [5, 5.41) is 0.790. The molecule has 0 spiro atoms. The van der Waals surface area contributed by atoms with E-state index in [1.165, 1.54) is 0 Å². The maximum atomic E-state index is 11.2. The third kappa shape index (κ3) is 3.46. The molecule has 0 N–H and O–H groups in total. The van der Waals surface area contributed by atoms with Crippen molar-refractivity contribution in [2.45, 2.75) is 13.5 Å². The lowest BCUT2D eigenvalue weighted by Crippen LogP contribution is -2.47. The summed E-state index contributed by atoms with van der Waals surface area (Å²) < 4.78 is 0.998. The number of hydrogen-bond donors (Lipinski definition) is 0. The monoisotopic (exact) mass is 330 g/mol. The van der Waals surface area contributed by atoms with E-state index in [9.17, 15) is 4.79 Å². The Hall–Kier alpha value is -0.580. The molecule has 0 radical (unpaired) electrons. The molecule has 1 aromatic carbocycles. The highest BCUT2D eigenvalue weighted by Crippen LogP contribution is 2.23. The van der Waals surface area contributed by atoms with Gasteiger partial charge in [-0.25, -0.2) is 0 Å². The first-order valence-corrected chi connectivity index (χ1v) is 7.15. The standard InChI is InChI=1S/C13H16BrClN2O/c1-10(18)17-6-4-16(5-7-17)9-11-2-3-12(14)8-13(11)15/h2-3,8H,4-7,9H2,1H3. The van der Waals surface area contributed by atoms with Crippen LogP contribution in [0.3, 0.4) is 0 Å². The smallest absolute Gasteiger partial charge is 0.219 e. The Balaban J connectivity index is 1.93. The van der Waals surface area contributed by atoms with Crippen LogP contribution in [-0.2, 0) is 11.3 Å². The summed E-state index contributed by atoms with van der Waals surface area (Å²) in [6.07, 6.45) is 0. The highest BCUT2D eigenvalue weighted by molar-refractivity contribution is 9.10. The van der Waals surface area contributed by atoms with Gasteiger partial charge in [0.25, 0.3) is 0 Å². The van der Waals surface area contributed by atoms with Crippen molar-refractivity contribution in [2.24, 2.45) is 0 Å². The molecule has 0 bridgehead atoms. The summed E-state index contributed by atoms with van der Waals surface area (Å²) in [6.45, 7) is 5.91. The minimum atomic E-state index is 0.163.